The third kappa shape index (κ3) is 3.42. The third-order valence-electron chi connectivity index (χ3n) is 1.53. The maximum absolute atomic E-state index is 10.9. The highest BCUT2D eigenvalue weighted by Gasteiger charge is 1.95. The molecule has 1 aromatic carbocycles. The van der Waals surface area contributed by atoms with Crippen LogP contribution in [0.3, 0.4) is 0 Å². The molecule has 0 atom stereocenters. The summed E-state index contributed by atoms with van der Waals surface area (Å²) in [5, 5.41) is 5.11. The molecule has 0 saturated heterocycles. The van der Waals surface area contributed by atoms with E-state index in [0.29, 0.717) is 6.54 Å². The maximum atomic E-state index is 10.9. The van der Waals surface area contributed by atoms with Crippen molar-refractivity contribution in [1.29, 1.82) is 0 Å². The Balaban J connectivity index is 2.35. The van der Waals surface area contributed by atoms with E-state index in [9.17, 15) is 4.79 Å². The molecule has 0 aliphatic carbocycles. The summed E-state index contributed by atoms with van der Waals surface area (Å²) in [5.41, 5.74) is 1.07. The Labute approximate surface area is 77.5 Å². The van der Waals surface area contributed by atoms with Crippen LogP contribution in [0.15, 0.2) is 43.1 Å². The topological polar surface area (TPSA) is 41.1 Å². The van der Waals surface area contributed by atoms with Gasteiger partial charge in [0.2, 0.25) is 0 Å². The summed E-state index contributed by atoms with van der Waals surface area (Å²) in [6.45, 7) is 3.91. The molecule has 1 rings (SSSR count). The number of carbonyl (C=O) groups excluding carboxylic acids is 1. The average molecular weight is 176 g/mol. The van der Waals surface area contributed by atoms with Crippen molar-refractivity contribution in [1.82, 2.24) is 10.6 Å². The SMILES string of the molecule is C=CNC(=O)NCc1ccccc1. The van der Waals surface area contributed by atoms with Crippen molar-refractivity contribution in [2.75, 3.05) is 0 Å². The van der Waals surface area contributed by atoms with Crippen LogP contribution in [0, 0.1) is 0 Å². The van der Waals surface area contributed by atoms with E-state index in [1.54, 1.807) is 0 Å². The molecule has 0 spiro atoms. The first-order valence-electron chi connectivity index (χ1n) is 4.02. The highest BCUT2D eigenvalue weighted by Crippen LogP contribution is 1.96. The number of amides is 2. The number of rotatable bonds is 3. The number of urea groups is 1. The first kappa shape index (κ1) is 9.32. The third-order valence-corrected chi connectivity index (χ3v) is 1.53. The molecule has 0 fully saturated rings. The van der Waals surface area contributed by atoms with Gasteiger partial charge in [-0.25, -0.2) is 4.79 Å². The molecule has 0 saturated carbocycles. The first-order chi connectivity index (χ1) is 6.33. The largest absolute Gasteiger partial charge is 0.334 e. The molecule has 0 radical (unpaired) electrons. The van der Waals surface area contributed by atoms with Crippen LogP contribution in [0.4, 0.5) is 4.79 Å². The summed E-state index contributed by atoms with van der Waals surface area (Å²) in [5.74, 6) is 0. The van der Waals surface area contributed by atoms with E-state index in [0.717, 1.165) is 5.56 Å². The Morgan fingerprint density at radius 3 is 2.69 bits per heavy atom. The van der Waals surface area contributed by atoms with Crippen LogP contribution < -0.4 is 10.6 Å². The maximum Gasteiger partial charge on any atom is 0.319 e. The minimum atomic E-state index is -0.237. The first-order valence-corrected chi connectivity index (χ1v) is 4.02. The molecule has 0 aromatic heterocycles. The van der Waals surface area contributed by atoms with Crippen molar-refractivity contribution < 1.29 is 4.79 Å². The summed E-state index contributed by atoms with van der Waals surface area (Å²) < 4.78 is 0. The fraction of sp³-hybridized carbons (Fsp3) is 0.100. The Bertz CT molecular complexity index is 282. The normalized spacial score (nSPS) is 8.92. The number of nitrogens with one attached hydrogen (secondary N) is 2. The predicted molar refractivity (Wildman–Crippen MR) is 52.0 cm³/mol. The lowest BCUT2D eigenvalue weighted by Gasteiger charge is -2.03. The summed E-state index contributed by atoms with van der Waals surface area (Å²) in [4.78, 5) is 10.9. The quantitative estimate of drug-likeness (QED) is 0.722. The van der Waals surface area contributed by atoms with E-state index >= 15 is 0 Å². The van der Waals surface area contributed by atoms with Crippen molar-refractivity contribution in [3.63, 3.8) is 0 Å². The molecule has 0 bridgehead atoms. The molecule has 1 aromatic rings. The van der Waals surface area contributed by atoms with Crippen molar-refractivity contribution >= 4 is 6.03 Å². The molecule has 3 nitrogen and oxygen atoms in total. The van der Waals surface area contributed by atoms with Crippen LogP contribution in [0.2, 0.25) is 0 Å². The second kappa shape index (κ2) is 4.98. The van der Waals surface area contributed by atoms with Gasteiger partial charge in [-0.05, 0) is 11.8 Å². The van der Waals surface area contributed by atoms with Crippen LogP contribution in [0.1, 0.15) is 5.56 Å². The van der Waals surface area contributed by atoms with Crippen LogP contribution in [0.5, 0.6) is 0 Å². The zero-order valence-corrected chi connectivity index (χ0v) is 7.29. The van der Waals surface area contributed by atoms with Crippen LogP contribution in [0.25, 0.3) is 0 Å². The standard InChI is InChI=1S/C10H12N2O/c1-2-11-10(13)12-8-9-6-4-3-5-7-9/h2-7H,1,8H2,(H2,11,12,13). The van der Waals surface area contributed by atoms with Crippen LogP contribution >= 0.6 is 0 Å². The highest BCUT2D eigenvalue weighted by molar-refractivity contribution is 5.74. The second-order valence-electron chi connectivity index (χ2n) is 2.52. The molecule has 3 heteroatoms. The van der Waals surface area contributed by atoms with Gasteiger partial charge in [0.25, 0.3) is 0 Å². The molecule has 2 N–H and O–H groups in total. The van der Waals surface area contributed by atoms with Gasteiger partial charge in [0, 0.05) is 6.54 Å². The van der Waals surface area contributed by atoms with Crippen molar-refractivity contribution in [3.8, 4) is 0 Å². The zero-order chi connectivity index (χ0) is 9.52. The number of benzene rings is 1. The Hall–Kier alpha value is -1.77. The molecule has 13 heavy (non-hydrogen) atoms. The van der Waals surface area contributed by atoms with Gasteiger partial charge in [-0.2, -0.15) is 0 Å². The smallest absolute Gasteiger partial charge is 0.319 e. The molecule has 0 aliphatic heterocycles. The monoisotopic (exact) mass is 176 g/mol. The minimum Gasteiger partial charge on any atom is -0.334 e. The molecule has 0 aliphatic rings. The van der Waals surface area contributed by atoms with Crippen molar-refractivity contribution in [2.24, 2.45) is 0 Å². The summed E-state index contributed by atoms with van der Waals surface area (Å²) in [7, 11) is 0. The number of carbonyl (C=O) groups is 1. The highest BCUT2D eigenvalue weighted by atomic mass is 16.2. The van der Waals surface area contributed by atoms with Gasteiger partial charge >= 0.3 is 6.03 Å². The van der Waals surface area contributed by atoms with Gasteiger partial charge in [-0.15, -0.1) is 0 Å². The fourth-order valence-electron chi connectivity index (χ4n) is 0.922. The summed E-state index contributed by atoms with van der Waals surface area (Å²) >= 11 is 0. The summed E-state index contributed by atoms with van der Waals surface area (Å²) in [6.07, 6.45) is 1.35. The van der Waals surface area contributed by atoms with Gasteiger partial charge in [0.05, 0.1) is 0 Å². The van der Waals surface area contributed by atoms with E-state index in [1.807, 2.05) is 30.3 Å². The zero-order valence-electron chi connectivity index (χ0n) is 7.29. The van der Waals surface area contributed by atoms with Gasteiger partial charge < -0.3 is 10.6 Å². The average Bonchev–Trinajstić information content (AvgIpc) is 2.17. The molecular formula is C10H12N2O. The lowest BCUT2D eigenvalue weighted by molar-refractivity contribution is 0.244. The van der Waals surface area contributed by atoms with E-state index in [2.05, 4.69) is 17.2 Å². The number of hydrogen-bond donors (Lipinski definition) is 2. The van der Waals surface area contributed by atoms with Crippen LogP contribution in [-0.4, -0.2) is 6.03 Å². The van der Waals surface area contributed by atoms with Crippen LogP contribution in [-0.2, 0) is 6.54 Å². The van der Waals surface area contributed by atoms with E-state index in [-0.39, 0.29) is 6.03 Å². The molecule has 0 unspecified atom stereocenters. The molecular weight excluding hydrogens is 164 g/mol. The van der Waals surface area contributed by atoms with E-state index in [1.165, 1.54) is 6.20 Å². The lowest BCUT2D eigenvalue weighted by atomic mass is 10.2. The van der Waals surface area contributed by atoms with Crippen molar-refractivity contribution in [2.45, 2.75) is 6.54 Å². The van der Waals surface area contributed by atoms with Gasteiger partial charge in [-0.3, -0.25) is 0 Å². The molecule has 2 amide bonds. The molecule has 0 heterocycles. The Kier molecular flexibility index (Phi) is 3.57. The second-order valence-corrected chi connectivity index (χ2v) is 2.52. The number of hydrogen-bond acceptors (Lipinski definition) is 1. The predicted octanol–water partition coefficient (Wildman–Crippen LogP) is 1.63. The fourth-order valence-corrected chi connectivity index (χ4v) is 0.922. The van der Waals surface area contributed by atoms with Gasteiger partial charge in [-0.1, -0.05) is 36.9 Å². The Morgan fingerprint density at radius 2 is 2.08 bits per heavy atom. The minimum absolute atomic E-state index is 0.237. The van der Waals surface area contributed by atoms with Crippen molar-refractivity contribution in [3.05, 3.63) is 48.7 Å². The lowest BCUT2D eigenvalue weighted by Crippen LogP contribution is -2.31. The summed E-state index contributed by atoms with van der Waals surface area (Å²) in [6, 6.07) is 9.47. The van der Waals surface area contributed by atoms with E-state index < -0.39 is 0 Å². The van der Waals surface area contributed by atoms with E-state index in [4.69, 9.17) is 0 Å². The van der Waals surface area contributed by atoms with Gasteiger partial charge in [0.1, 0.15) is 0 Å². The Morgan fingerprint density at radius 1 is 1.38 bits per heavy atom. The van der Waals surface area contributed by atoms with Gasteiger partial charge in [0.15, 0.2) is 0 Å². The molecule has 68 valence electrons.